The molecule has 20 heavy (non-hydrogen) atoms. The van der Waals surface area contributed by atoms with E-state index in [1.54, 1.807) is 0 Å². The first-order valence-electron chi connectivity index (χ1n) is 8.30. The third kappa shape index (κ3) is 2.94. The van der Waals surface area contributed by atoms with Gasteiger partial charge < -0.3 is 15.0 Å². The average molecular weight is 276 g/mol. The minimum Gasteiger partial charge on any atom is -0.370 e. The van der Waals surface area contributed by atoms with Gasteiger partial charge in [0.2, 0.25) is 0 Å². The first-order valence-corrected chi connectivity index (χ1v) is 8.30. The molecular weight excluding hydrogens is 248 g/mol. The molecule has 2 aliphatic rings. The van der Waals surface area contributed by atoms with Gasteiger partial charge in [0.25, 0.3) is 0 Å². The lowest BCUT2D eigenvalue weighted by Gasteiger charge is -2.33. The monoisotopic (exact) mass is 276 g/mol. The zero-order chi connectivity index (χ0) is 14.0. The van der Waals surface area contributed by atoms with E-state index >= 15 is 0 Å². The summed E-state index contributed by atoms with van der Waals surface area (Å²) >= 11 is 0. The molecule has 2 heterocycles. The summed E-state index contributed by atoms with van der Waals surface area (Å²) in [5.41, 5.74) is 7.57. The van der Waals surface area contributed by atoms with Crippen LogP contribution in [0, 0.1) is 0 Å². The SMILES string of the molecule is CCC(N)c1ccn(CC2CCC3(CCCCC3)O2)c1. The van der Waals surface area contributed by atoms with E-state index in [0.717, 1.165) is 13.0 Å². The van der Waals surface area contributed by atoms with Crippen LogP contribution in [0.3, 0.4) is 0 Å². The Morgan fingerprint density at radius 1 is 1.35 bits per heavy atom. The van der Waals surface area contributed by atoms with E-state index in [4.69, 9.17) is 10.5 Å². The molecule has 1 aromatic rings. The lowest BCUT2D eigenvalue weighted by Crippen LogP contribution is -2.32. The largest absolute Gasteiger partial charge is 0.370 e. The van der Waals surface area contributed by atoms with Crippen molar-refractivity contribution in [2.24, 2.45) is 5.73 Å². The molecule has 0 radical (unpaired) electrons. The van der Waals surface area contributed by atoms with Gasteiger partial charge in [-0.15, -0.1) is 0 Å². The van der Waals surface area contributed by atoms with Crippen molar-refractivity contribution >= 4 is 0 Å². The highest BCUT2D eigenvalue weighted by Gasteiger charge is 2.40. The van der Waals surface area contributed by atoms with E-state index in [2.05, 4.69) is 30.0 Å². The Kier molecular flexibility index (Phi) is 4.18. The molecule has 1 aliphatic carbocycles. The number of aromatic nitrogens is 1. The number of rotatable bonds is 4. The quantitative estimate of drug-likeness (QED) is 0.909. The highest BCUT2D eigenvalue weighted by molar-refractivity contribution is 5.14. The second kappa shape index (κ2) is 5.90. The summed E-state index contributed by atoms with van der Waals surface area (Å²) in [6, 6.07) is 2.32. The number of nitrogens with zero attached hydrogens (tertiary/aromatic N) is 1. The molecule has 3 rings (SSSR count). The maximum atomic E-state index is 6.44. The fourth-order valence-electron chi connectivity index (χ4n) is 3.85. The van der Waals surface area contributed by atoms with Crippen LogP contribution in [0.1, 0.15) is 69.9 Å². The Morgan fingerprint density at radius 3 is 2.90 bits per heavy atom. The van der Waals surface area contributed by atoms with Crippen LogP contribution in [0.15, 0.2) is 18.5 Å². The Balaban J connectivity index is 1.57. The minimum atomic E-state index is 0.172. The Hall–Kier alpha value is -0.800. The van der Waals surface area contributed by atoms with E-state index in [1.165, 1.54) is 50.5 Å². The standard InChI is InChI=1S/C17H28N2O/c1-2-16(18)14-7-11-19(12-14)13-15-6-10-17(20-15)8-4-3-5-9-17/h7,11-12,15-16H,2-6,8-10,13,18H2,1H3. The summed E-state index contributed by atoms with van der Waals surface area (Å²) < 4.78 is 8.70. The summed E-state index contributed by atoms with van der Waals surface area (Å²) in [4.78, 5) is 0. The van der Waals surface area contributed by atoms with Gasteiger partial charge in [0, 0.05) is 25.0 Å². The fourth-order valence-corrected chi connectivity index (χ4v) is 3.85. The molecule has 1 aliphatic heterocycles. The lowest BCUT2D eigenvalue weighted by molar-refractivity contribution is -0.0679. The molecule has 1 spiro atoms. The Labute approximate surface area is 122 Å². The number of hydrogen-bond donors (Lipinski definition) is 1. The summed E-state index contributed by atoms with van der Waals surface area (Å²) in [6.45, 7) is 3.12. The lowest BCUT2D eigenvalue weighted by atomic mass is 9.83. The van der Waals surface area contributed by atoms with Gasteiger partial charge in [-0.1, -0.05) is 26.2 Å². The van der Waals surface area contributed by atoms with Crippen molar-refractivity contribution in [2.75, 3.05) is 0 Å². The van der Waals surface area contributed by atoms with Crippen LogP contribution in [0.4, 0.5) is 0 Å². The minimum absolute atomic E-state index is 0.172. The van der Waals surface area contributed by atoms with E-state index < -0.39 is 0 Å². The van der Waals surface area contributed by atoms with Gasteiger partial charge >= 0.3 is 0 Å². The van der Waals surface area contributed by atoms with Crippen LogP contribution in [0.2, 0.25) is 0 Å². The topological polar surface area (TPSA) is 40.2 Å². The molecular formula is C17H28N2O. The highest BCUT2D eigenvalue weighted by atomic mass is 16.5. The van der Waals surface area contributed by atoms with E-state index in [9.17, 15) is 0 Å². The predicted octanol–water partition coefficient (Wildman–Crippen LogP) is 3.78. The van der Waals surface area contributed by atoms with Gasteiger partial charge in [0.05, 0.1) is 11.7 Å². The smallest absolute Gasteiger partial charge is 0.0762 e. The zero-order valence-electron chi connectivity index (χ0n) is 12.7. The van der Waals surface area contributed by atoms with Crippen molar-refractivity contribution in [3.05, 3.63) is 24.0 Å². The molecule has 2 atom stereocenters. The van der Waals surface area contributed by atoms with Crippen molar-refractivity contribution in [3.8, 4) is 0 Å². The molecule has 1 saturated heterocycles. The average Bonchev–Trinajstić information content (AvgIpc) is 3.07. The molecule has 2 unspecified atom stereocenters. The predicted molar refractivity (Wildman–Crippen MR) is 81.6 cm³/mol. The van der Waals surface area contributed by atoms with Crippen LogP contribution in [0.5, 0.6) is 0 Å². The second-order valence-corrected chi connectivity index (χ2v) is 6.68. The molecule has 112 valence electrons. The fraction of sp³-hybridized carbons (Fsp3) is 0.765. The van der Waals surface area contributed by atoms with Crippen LogP contribution in [-0.2, 0) is 11.3 Å². The van der Waals surface area contributed by atoms with Crippen LogP contribution >= 0.6 is 0 Å². The number of hydrogen-bond acceptors (Lipinski definition) is 2. The first kappa shape index (κ1) is 14.2. The van der Waals surface area contributed by atoms with Gasteiger partial charge in [-0.2, -0.15) is 0 Å². The number of nitrogens with two attached hydrogens (primary N) is 1. The molecule has 3 heteroatoms. The maximum Gasteiger partial charge on any atom is 0.0762 e. The Bertz CT molecular complexity index is 434. The molecule has 2 N–H and O–H groups in total. The van der Waals surface area contributed by atoms with Crippen molar-refractivity contribution in [3.63, 3.8) is 0 Å². The summed E-state index contributed by atoms with van der Waals surface area (Å²) in [7, 11) is 0. The Morgan fingerprint density at radius 2 is 2.15 bits per heavy atom. The molecule has 1 aromatic heterocycles. The second-order valence-electron chi connectivity index (χ2n) is 6.68. The van der Waals surface area contributed by atoms with Crippen molar-refractivity contribution < 1.29 is 4.74 Å². The summed E-state index contributed by atoms with van der Waals surface area (Å²) in [5, 5.41) is 0. The van der Waals surface area contributed by atoms with Gasteiger partial charge in [-0.25, -0.2) is 0 Å². The molecule has 0 aromatic carbocycles. The van der Waals surface area contributed by atoms with Crippen LogP contribution in [-0.4, -0.2) is 16.3 Å². The maximum absolute atomic E-state index is 6.44. The molecule has 0 bridgehead atoms. The highest BCUT2D eigenvalue weighted by Crippen LogP contribution is 2.42. The van der Waals surface area contributed by atoms with Gasteiger partial charge in [-0.05, 0) is 43.7 Å². The zero-order valence-corrected chi connectivity index (χ0v) is 12.7. The third-order valence-corrected chi connectivity index (χ3v) is 5.16. The van der Waals surface area contributed by atoms with Crippen LogP contribution < -0.4 is 5.73 Å². The summed E-state index contributed by atoms with van der Waals surface area (Å²) in [5.74, 6) is 0. The molecule has 3 nitrogen and oxygen atoms in total. The van der Waals surface area contributed by atoms with Gasteiger partial charge in [-0.3, -0.25) is 0 Å². The molecule has 2 fully saturated rings. The molecule has 0 amide bonds. The number of ether oxygens (including phenoxy) is 1. The van der Waals surface area contributed by atoms with Crippen molar-refractivity contribution in [2.45, 2.75) is 82.6 Å². The molecule has 1 saturated carbocycles. The van der Waals surface area contributed by atoms with Crippen molar-refractivity contribution in [1.82, 2.24) is 4.57 Å². The van der Waals surface area contributed by atoms with Gasteiger partial charge in [0.15, 0.2) is 0 Å². The van der Waals surface area contributed by atoms with Crippen LogP contribution in [0.25, 0.3) is 0 Å². The normalized spacial score (nSPS) is 27.0. The third-order valence-electron chi connectivity index (χ3n) is 5.16. The van der Waals surface area contributed by atoms with E-state index in [-0.39, 0.29) is 11.6 Å². The van der Waals surface area contributed by atoms with E-state index in [1.807, 2.05) is 0 Å². The van der Waals surface area contributed by atoms with E-state index in [0.29, 0.717) is 6.10 Å². The summed E-state index contributed by atoms with van der Waals surface area (Å²) in [6.07, 6.45) is 14.9. The van der Waals surface area contributed by atoms with Gasteiger partial charge in [0.1, 0.15) is 0 Å². The van der Waals surface area contributed by atoms with Crippen molar-refractivity contribution in [1.29, 1.82) is 0 Å². The first-order chi connectivity index (χ1) is 9.71.